The van der Waals surface area contributed by atoms with E-state index in [-0.39, 0.29) is 44.1 Å². The molecular formula is C43H46N8O9S2. The minimum atomic E-state index is -4.88. The standard InChI is InChI=1S/C43H46N8O9S2/c1-58-32-15-9-29(10-16-32)26-50(27-30-11-17-33(59-2)18-12-30)62(56,57)41-39(61(54,55)46-25-24-45-43(52)53)22-21-37(35-6-4-8-38-36(35)7-5-23-44-38)40(41)42-47-49-51(48-42)28-31-13-19-34(60-3)20-14-31/h4,6,8-22,44-46H,5,7,23-28H2,1-3H3,(H,52,53). The molecule has 1 aliphatic rings. The van der Waals surface area contributed by atoms with Gasteiger partial charge in [-0.3, -0.25) is 0 Å². The maximum atomic E-state index is 15.9. The number of aromatic nitrogens is 4. The van der Waals surface area contributed by atoms with Crippen LogP contribution in [-0.4, -0.2) is 93.5 Å². The summed E-state index contributed by atoms with van der Waals surface area (Å²) in [6.45, 7) is -0.126. The number of carboxylic acid groups (broad SMARTS) is 1. The van der Waals surface area contributed by atoms with Gasteiger partial charge in [-0.05, 0) is 100.0 Å². The molecule has 0 atom stereocenters. The zero-order chi connectivity index (χ0) is 43.9. The van der Waals surface area contributed by atoms with Crippen molar-refractivity contribution in [2.24, 2.45) is 0 Å². The SMILES string of the molecule is COc1ccc(CN(Cc2ccc(OC)cc2)S(=O)(=O)c2c(S(=O)(=O)NCCNC(=O)O)ccc(-c3cccc4c3CCCN4)c2-c2nnn(Cc3ccc(OC)cc3)n2)cc1. The molecule has 62 heavy (non-hydrogen) atoms. The Balaban J connectivity index is 1.48. The highest BCUT2D eigenvalue weighted by Gasteiger charge is 2.38. The molecule has 1 aliphatic heterocycles. The summed E-state index contributed by atoms with van der Waals surface area (Å²) in [4.78, 5) is 11.4. The summed E-state index contributed by atoms with van der Waals surface area (Å²) in [5, 5.41) is 28.2. The molecule has 1 amide bonds. The first kappa shape index (κ1) is 43.5. The van der Waals surface area contributed by atoms with Crippen LogP contribution in [0.2, 0.25) is 0 Å². The molecular weight excluding hydrogens is 837 g/mol. The molecule has 7 rings (SSSR count). The van der Waals surface area contributed by atoms with E-state index in [0.29, 0.717) is 45.9 Å². The lowest BCUT2D eigenvalue weighted by atomic mass is 9.90. The van der Waals surface area contributed by atoms with Gasteiger partial charge < -0.3 is 30.0 Å². The molecule has 4 N–H and O–H groups in total. The molecule has 0 bridgehead atoms. The summed E-state index contributed by atoms with van der Waals surface area (Å²) in [6, 6.07) is 29.5. The molecule has 0 aliphatic carbocycles. The Bertz CT molecular complexity index is 2700. The van der Waals surface area contributed by atoms with Gasteiger partial charge in [-0.1, -0.05) is 54.6 Å². The highest BCUT2D eigenvalue weighted by molar-refractivity contribution is 7.92. The Morgan fingerprint density at radius 2 is 1.37 bits per heavy atom. The second kappa shape index (κ2) is 19.0. The van der Waals surface area contributed by atoms with Gasteiger partial charge in [-0.15, -0.1) is 10.2 Å². The number of nitrogens with zero attached hydrogens (tertiary/aromatic N) is 5. The third kappa shape index (κ3) is 9.81. The minimum Gasteiger partial charge on any atom is -0.497 e. The molecule has 6 aromatic rings. The van der Waals surface area contributed by atoms with Gasteiger partial charge in [0.15, 0.2) is 0 Å². The van der Waals surface area contributed by atoms with Crippen LogP contribution in [0.3, 0.4) is 0 Å². The third-order valence-corrected chi connectivity index (χ3v) is 13.8. The van der Waals surface area contributed by atoms with Crippen molar-refractivity contribution >= 4 is 31.8 Å². The molecule has 0 fully saturated rings. The average Bonchev–Trinajstić information content (AvgIpc) is 3.75. The maximum absolute atomic E-state index is 15.9. The predicted octanol–water partition coefficient (Wildman–Crippen LogP) is 5.38. The van der Waals surface area contributed by atoms with Gasteiger partial charge in [0.1, 0.15) is 27.0 Å². The normalized spacial score (nSPS) is 12.6. The van der Waals surface area contributed by atoms with Crippen LogP contribution in [0.15, 0.2) is 113 Å². The second-order valence-electron chi connectivity index (χ2n) is 14.3. The van der Waals surface area contributed by atoms with Gasteiger partial charge in [-0.25, -0.2) is 26.4 Å². The molecule has 19 heteroatoms. The van der Waals surface area contributed by atoms with Crippen LogP contribution in [-0.2, 0) is 46.1 Å². The van der Waals surface area contributed by atoms with Crippen molar-refractivity contribution in [2.75, 3.05) is 46.3 Å². The molecule has 5 aromatic carbocycles. The number of rotatable bonds is 18. The zero-order valence-electron chi connectivity index (χ0n) is 34.2. The Labute approximate surface area is 359 Å². The van der Waals surface area contributed by atoms with Crippen molar-refractivity contribution in [3.63, 3.8) is 0 Å². The molecule has 17 nitrogen and oxygen atoms in total. The zero-order valence-corrected chi connectivity index (χ0v) is 35.9. The summed E-state index contributed by atoms with van der Waals surface area (Å²) in [6.07, 6.45) is 0.118. The van der Waals surface area contributed by atoms with Crippen molar-refractivity contribution in [1.29, 1.82) is 0 Å². The topological polar surface area (TPSA) is 216 Å². The van der Waals surface area contributed by atoms with Gasteiger partial charge >= 0.3 is 6.09 Å². The van der Waals surface area contributed by atoms with Crippen molar-refractivity contribution in [3.8, 4) is 39.8 Å². The van der Waals surface area contributed by atoms with Crippen molar-refractivity contribution in [2.45, 2.75) is 42.3 Å². The molecule has 0 unspecified atom stereocenters. The number of hydrogen-bond donors (Lipinski definition) is 4. The number of anilines is 1. The average molecular weight is 883 g/mol. The summed E-state index contributed by atoms with van der Waals surface area (Å²) in [5.41, 5.74) is 4.71. The number of amides is 1. The van der Waals surface area contributed by atoms with Gasteiger partial charge in [0, 0.05) is 38.4 Å². The molecule has 0 saturated carbocycles. The second-order valence-corrected chi connectivity index (χ2v) is 17.9. The lowest BCUT2D eigenvalue weighted by Crippen LogP contribution is -2.36. The molecule has 324 valence electrons. The van der Waals surface area contributed by atoms with E-state index in [9.17, 15) is 13.2 Å². The fourth-order valence-corrected chi connectivity index (χ4v) is 10.6. The van der Waals surface area contributed by atoms with Gasteiger partial charge in [0.05, 0.1) is 33.4 Å². The number of methoxy groups -OCH3 is 3. The van der Waals surface area contributed by atoms with E-state index in [2.05, 4.69) is 25.7 Å². The van der Waals surface area contributed by atoms with Crippen LogP contribution in [0.25, 0.3) is 22.5 Å². The lowest BCUT2D eigenvalue weighted by molar-refractivity contribution is 0.194. The first-order valence-corrected chi connectivity index (χ1v) is 22.5. The van der Waals surface area contributed by atoms with Crippen LogP contribution < -0.4 is 29.6 Å². The van der Waals surface area contributed by atoms with Crippen LogP contribution >= 0.6 is 0 Å². The van der Waals surface area contributed by atoms with Gasteiger partial charge in [-0.2, -0.15) is 9.10 Å². The first-order valence-electron chi connectivity index (χ1n) is 19.6. The monoisotopic (exact) mass is 882 g/mol. The summed E-state index contributed by atoms with van der Waals surface area (Å²) in [5.74, 6) is 1.65. The van der Waals surface area contributed by atoms with E-state index in [1.807, 2.05) is 30.3 Å². The lowest BCUT2D eigenvalue weighted by Gasteiger charge is -2.27. The maximum Gasteiger partial charge on any atom is 0.404 e. The molecule has 2 heterocycles. The van der Waals surface area contributed by atoms with E-state index >= 15 is 8.42 Å². The number of ether oxygens (including phenoxy) is 3. The fraction of sp³-hybridized carbons (Fsp3) is 0.256. The summed E-state index contributed by atoms with van der Waals surface area (Å²) in [7, 11) is -4.95. The van der Waals surface area contributed by atoms with E-state index in [1.165, 1.54) is 29.4 Å². The van der Waals surface area contributed by atoms with Crippen molar-refractivity contribution < 1.29 is 40.9 Å². The van der Waals surface area contributed by atoms with Crippen molar-refractivity contribution in [3.05, 3.63) is 125 Å². The number of hydrogen-bond acceptors (Lipinski definition) is 12. The number of benzene rings is 5. The van der Waals surface area contributed by atoms with E-state index in [1.54, 1.807) is 73.8 Å². The van der Waals surface area contributed by atoms with E-state index in [0.717, 1.165) is 29.8 Å². The van der Waals surface area contributed by atoms with Gasteiger partial charge in [0.2, 0.25) is 25.9 Å². The number of nitrogens with one attached hydrogen (secondary N) is 3. The molecule has 0 spiro atoms. The number of fused-ring (bicyclic) bond motifs is 1. The number of carbonyl (C=O) groups is 1. The Morgan fingerprint density at radius 3 is 1.95 bits per heavy atom. The quantitative estimate of drug-likeness (QED) is 0.0800. The Hall–Kier alpha value is -6.54. The minimum absolute atomic E-state index is 0.0778. The Kier molecular flexibility index (Phi) is 13.4. The van der Waals surface area contributed by atoms with Crippen molar-refractivity contribution in [1.82, 2.24) is 34.6 Å². The molecule has 0 saturated heterocycles. The fourth-order valence-electron chi connectivity index (χ4n) is 7.20. The predicted molar refractivity (Wildman–Crippen MR) is 231 cm³/mol. The molecule has 1 aromatic heterocycles. The number of sulfonamides is 2. The van der Waals surface area contributed by atoms with E-state index in [4.69, 9.17) is 24.4 Å². The largest absolute Gasteiger partial charge is 0.497 e. The van der Waals surface area contributed by atoms with Crippen LogP contribution in [0, 0.1) is 0 Å². The highest BCUT2D eigenvalue weighted by atomic mass is 32.2. The highest BCUT2D eigenvalue weighted by Crippen LogP contribution is 2.44. The number of tetrazole rings is 1. The Morgan fingerprint density at radius 1 is 0.774 bits per heavy atom. The van der Waals surface area contributed by atoms with Crippen LogP contribution in [0.4, 0.5) is 10.5 Å². The van der Waals surface area contributed by atoms with Crippen LogP contribution in [0.5, 0.6) is 17.2 Å². The first-order chi connectivity index (χ1) is 29.9. The summed E-state index contributed by atoms with van der Waals surface area (Å²) >= 11 is 0. The molecule has 0 radical (unpaired) electrons. The summed E-state index contributed by atoms with van der Waals surface area (Å²) < 4.78 is 80.4. The van der Waals surface area contributed by atoms with Crippen LogP contribution in [0.1, 0.15) is 28.7 Å². The smallest absolute Gasteiger partial charge is 0.404 e. The van der Waals surface area contributed by atoms with E-state index < -0.39 is 35.9 Å². The third-order valence-electron chi connectivity index (χ3n) is 10.3. The van der Waals surface area contributed by atoms with Gasteiger partial charge in [0.25, 0.3) is 0 Å².